The van der Waals surface area contributed by atoms with Crippen molar-refractivity contribution < 1.29 is 13.9 Å². The number of hydrogen-bond acceptors (Lipinski definition) is 3. The lowest BCUT2D eigenvalue weighted by Crippen LogP contribution is -2.49. The molecule has 0 spiro atoms. The molecule has 0 aliphatic rings. The van der Waals surface area contributed by atoms with Crippen LogP contribution in [0, 0.1) is 5.82 Å². The van der Waals surface area contributed by atoms with Gasteiger partial charge >= 0.3 is 5.97 Å². The molecular weight excluding hydrogens is 233 g/mol. The summed E-state index contributed by atoms with van der Waals surface area (Å²) in [5.74, 6) is -0.508. The van der Waals surface area contributed by atoms with Gasteiger partial charge in [0.1, 0.15) is 11.4 Å². The maximum Gasteiger partial charge on any atom is 0.325 e. The molecule has 0 amide bonds. The molecule has 1 aromatic rings. The van der Waals surface area contributed by atoms with E-state index in [1.165, 1.54) is 19.2 Å². The van der Waals surface area contributed by atoms with Crippen LogP contribution in [0.25, 0.3) is 0 Å². The Morgan fingerprint density at radius 3 is 2.67 bits per heavy atom. The Kier molecular flexibility index (Phi) is 4.84. The Labute approximate surface area is 108 Å². The fourth-order valence-electron chi connectivity index (χ4n) is 1.67. The highest BCUT2D eigenvalue weighted by Gasteiger charge is 2.32. The van der Waals surface area contributed by atoms with Crippen molar-refractivity contribution in [3.63, 3.8) is 0 Å². The third-order valence-electron chi connectivity index (χ3n) is 3.26. The third kappa shape index (κ3) is 3.53. The van der Waals surface area contributed by atoms with E-state index in [1.807, 2.05) is 31.9 Å². The van der Waals surface area contributed by atoms with Gasteiger partial charge in [-0.25, -0.2) is 4.39 Å². The summed E-state index contributed by atoms with van der Waals surface area (Å²) in [6, 6.07) is 6.50. The Bertz CT molecular complexity index is 418. The first-order valence-corrected chi connectivity index (χ1v) is 5.92. The molecule has 0 atom stereocenters. The van der Waals surface area contributed by atoms with Crippen molar-refractivity contribution in [2.75, 3.05) is 20.7 Å². The summed E-state index contributed by atoms with van der Waals surface area (Å²) in [6.07, 6.45) is 0.689. The molecule has 0 aromatic heterocycles. The van der Waals surface area contributed by atoms with Crippen molar-refractivity contribution in [2.45, 2.75) is 25.8 Å². The van der Waals surface area contributed by atoms with Crippen LogP contribution in [0.1, 0.15) is 19.4 Å². The molecule has 0 aliphatic carbocycles. The largest absolute Gasteiger partial charge is 0.468 e. The first-order valence-electron chi connectivity index (χ1n) is 5.92. The summed E-state index contributed by atoms with van der Waals surface area (Å²) < 4.78 is 17.8. The number of nitrogens with zero attached hydrogens (tertiary/aromatic N) is 1. The van der Waals surface area contributed by atoms with Crippen LogP contribution in [0.3, 0.4) is 0 Å². The van der Waals surface area contributed by atoms with Crippen molar-refractivity contribution in [3.8, 4) is 0 Å². The minimum Gasteiger partial charge on any atom is -0.468 e. The minimum absolute atomic E-state index is 0.234. The second kappa shape index (κ2) is 5.96. The number of ether oxygens (including phenoxy) is 1. The highest BCUT2D eigenvalue weighted by atomic mass is 19.1. The molecule has 18 heavy (non-hydrogen) atoms. The number of likely N-dealkylation sites (N-methyl/N-ethyl adjacent to an activating group) is 1. The van der Waals surface area contributed by atoms with Gasteiger partial charge < -0.3 is 4.74 Å². The fourth-order valence-corrected chi connectivity index (χ4v) is 1.67. The van der Waals surface area contributed by atoms with Gasteiger partial charge in [0.25, 0.3) is 0 Å². The second-order valence-corrected chi connectivity index (χ2v) is 4.85. The van der Waals surface area contributed by atoms with E-state index in [0.717, 1.165) is 5.56 Å². The summed E-state index contributed by atoms with van der Waals surface area (Å²) in [6.45, 7) is 4.28. The third-order valence-corrected chi connectivity index (χ3v) is 3.26. The predicted octanol–water partition coefficient (Wildman–Crippen LogP) is 2.25. The van der Waals surface area contributed by atoms with Gasteiger partial charge in [-0.3, -0.25) is 9.69 Å². The van der Waals surface area contributed by atoms with Crippen LogP contribution < -0.4 is 0 Å². The van der Waals surface area contributed by atoms with E-state index >= 15 is 0 Å². The van der Waals surface area contributed by atoms with Crippen LogP contribution in [0.2, 0.25) is 0 Å². The number of esters is 1. The maximum atomic E-state index is 13.0. The lowest BCUT2D eigenvalue weighted by molar-refractivity contribution is -0.152. The van der Waals surface area contributed by atoms with E-state index in [2.05, 4.69) is 0 Å². The maximum absolute atomic E-state index is 13.0. The lowest BCUT2D eigenvalue weighted by atomic mass is 10.0. The molecule has 100 valence electrons. The molecule has 0 bridgehead atoms. The van der Waals surface area contributed by atoms with Gasteiger partial charge in [-0.2, -0.15) is 0 Å². The van der Waals surface area contributed by atoms with Crippen LogP contribution in [-0.2, 0) is 16.0 Å². The van der Waals surface area contributed by atoms with E-state index in [4.69, 9.17) is 4.74 Å². The van der Waals surface area contributed by atoms with Gasteiger partial charge in [0.05, 0.1) is 7.11 Å². The zero-order chi connectivity index (χ0) is 13.8. The minimum atomic E-state index is -0.678. The highest BCUT2D eigenvalue weighted by Crippen LogP contribution is 2.15. The summed E-state index contributed by atoms with van der Waals surface area (Å²) in [5.41, 5.74) is 0.240. The van der Waals surface area contributed by atoms with Crippen LogP contribution >= 0.6 is 0 Å². The van der Waals surface area contributed by atoms with Crippen molar-refractivity contribution >= 4 is 5.97 Å². The summed E-state index contributed by atoms with van der Waals surface area (Å²) in [5, 5.41) is 0. The number of methoxy groups -OCH3 is 1. The number of rotatable bonds is 5. The first kappa shape index (κ1) is 14.6. The number of hydrogen-bond donors (Lipinski definition) is 0. The van der Waals surface area contributed by atoms with Crippen molar-refractivity contribution in [3.05, 3.63) is 35.6 Å². The van der Waals surface area contributed by atoms with Gasteiger partial charge in [-0.05, 0) is 45.0 Å². The van der Waals surface area contributed by atoms with Gasteiger partial charge in [-0.15, -0.1) is 0 Å². The van der Waals surface area contributed by atoms with Gasteiger partial charge in [-0.1, -0.05) is 12.1 Å². The molecule has 0 saturated carbocycles. The SMILES string of the molecule is COC(=O)C(C)(C)N(C)CCc1cccc(F)c1. The average molecular weight is 253 g/mol. The van der Waals surface area contributed by atoms with E-state index in [0.29, 0.717) is 13.0 Å². The van der Waals surface area contributed by atoms with Crippen molar-refractivity contribution in [1.29, 1.82) is 0 Å². The van der Waals surface area contributed by atoms with Gasteiger partial charge in [0, 0.05) is 6.54 Å². The summed E-state index contributed by atoms with van der Waals surface area (Å²) >= 11 is 0. The highest BCUT2D eigenvalue weighted by molar-refractivity contribution is 5.79. The number of carbonyl (C=O) groups excluding carboxylic acids is 1. The molecule has 4 heteroatoms. The Balaban J connectivity index is 2.61. The molecule has 1 aromatic carbocycles. The monoisotopic (exact) mass is 253 g/mol. The average Bonchev–Trinajstić information content (AvgIpc) is 2.34. The predicted molar refractivity (Wildman–Crippen MR) is 68.8 cm³/mol. The first-order chi connectivity index (χ1) is 8.37. The zero-order valence-electron chi connectivity index (χ0n) is 11.4. The Morgan fingerprint density at radius 2 is 2.11 bits per heavy atom. The quantitative estimate of drug-likeness (QED) is 0.754. The Morgan fingerprint density at radius 1 is 1.44 bits per heavy atom. The fraction of sp³-hybridized carbons (Fsp3) is 0.500. The van der Waals surface area contributed by atoms with Crippen LogP contribution in [0.4, 0.5) is 4.39 Å². The van der Waals surface area contributed by atoms with E-state index in [1.54, 1.807) is 6.07 Å². The normalized spacial score (nSPS) is 11.7. The van der Waals surface area contributed by atoms with E-state index in [-0.39, 0.29) is 11.8 Å². The smallest absolute Gasteiger partial charge is 0.325 e. The molecule has 0 fully saturated rings. The molecule has 0 radical (unpaired) electrons. The number of carbonyl (C=O) groups is 1. The van der Waals surface area contributed by atoms with E-state index in [9.17, 15) is 9.18 Å². The molecule has 0 unspecified atom stereocenters. The van der Waals surface area contributed by atoms with Crippen molar-refractivity contribution in [2.24, 2.45) is 0 Å². The lowest BCUT2D eigenvalue weighted by Gasteiger charge is -2.32. The zero-order valence-corrected chi connectivity index (χ0v) is 11.4. The number of benzene rings is 1. The molecule has 0 saturated heterocycles. The number of halogens is 1. The topological polar surface area (TPSA) is 29.5 Å². The second-order valence-electron chi connectivity index (χ2n) is 4.85. The van der Waals surface area contributed by atoms with Crippen LogP contribution in [-0.4, -0.2) is 37.1 Å². The summed E-state index contributed by atoms with van der Waals surface area (Å²) in [7, 11) is 3.24. The molecule has 0 N–H and O–H groups in total. The molecule has 0 heterocycles. The van der Waals surface area contributed by atoms with E-state index < -0.39 is 5.54 Å². The van der Waals surface area contributed by atoms with Gasteiger partial charge in [0.2, 0.25) is 0 Å². The van der Waals surface area contributed by atoms with Gasteiger partial charge in [0.15, 0.2) is 0 Å². The molecule has 3 nitrogen and oxygen atoms in total. The van der Waals surface area contributed by atoms with Crippen molar-refractivity contribution in [1.82, 2.24) is 4.90 Å². The molecule has 1 rings (SSSR count). The Hall–Kier alpha value is -1.42. The molecular formula is C14H20FNO2. The van der Waals surface area contributed by atoms with Crippen LogP contribution in [0.15, 0.2) is 24.3 Å². The molecule has 0 aliphatic heterocycles. The van der Waals surface area contributed by atoms with Crippen LogP contribution in [0.5, 0.6) is 0 Å². The summed E-state index contributed by atoms with van der Waals surface area (Å²) in [4.78, 5) is 13.5. The standard InChI is InChI=1S/C14H20FNO2/c1-14(2,13(17)18-4)16(3)9-8-11-6-5-7-12(15)10-11/h5-7,10H,8-9H2,1-4H3.